The summed E-state index contributed by atoms with van der Waals surface area (Å²) in [5.74, 6) is -0.418. The second-order valence-corrected chi connectivity index (χ2v) is 5.47. The first-order valence-corrected chi connectivity index (χ1v) is 6.89. The lowest BCUT2D eigenvalue weighted by molar-refractivity contribution is 0.220. The molecule has 0 spiro atoms. The number of aliphatic hydroxyl groups is 1. The van der Waals surface area contributed by atoms with Crippen molar-refractivity contribution in [2.24, 2.45) is 7.05 Å². The molecule has 0 saturated carbocycles. The molecule has 21 heavy (non-hydrogen) atoms. The number of aryl methyl sites for hydroxylation is 2. The van der Waals surface area contributed by atoms with E-state index in [0.29, 0.717) is 21.7 Å². The van der Waals surface area contributed by atoms with Crippen LogP contribution in [0.25, 0.3) is 11.1 Å². The third-order valence-electron chi connectivity index (χ3n) is 3.63. The van der Waals surface area contributed by atoms with Crippen LogP contribution in [0.15, 0.2) is 45.6 Å². The van der Waals surface area contributed by atoms with Crippen molar-refractivity contribution in [3.8, 4) is 0 Å². The Balaban J connectivity index is 2.06. The fraction of sp³-hybridized carbons (Fsp3) is 0.188. The second kappa shape index (κ2) is 5.06. The van der Waals surface area contributed by atoms with Gasteiger partial charge in [0.1, 0.15) is 6.10 Å². The van der Waals surface area contributed by atoms with E-state index in [-0.39, 0.29) is 0 Å². The average Bonchev–Trinajstić information content (AvgIpc) is 2.76. The smallest absolute Gasteiger partial charge is 0.408 e. The number of hydrogen-bond donors (Lipinski definition) is 1. The van der Waals surface area contributed by atoms with Gasteiger partial charge in [-0.2, -0.15) is 0 Å². The molecule has 0 fully saturated rings. The first kappa shape index (κ1) is 13.9. The van der Waals surface area contributed by atoms with Crippen molar-refractivity contribution in [2.45, 2.75) is 13.0 Å². The van der Waals surface area contributed by atoms with E-state index < -0.39 is 11.9 Å². The molecule has 0 bridgehead atoms. The van der Waals surface area contributed by atoms with Gasteiger partial charge in [-0.1, -0.05) is 29.8 Å². The van der Waals surface area contributed by atoms with Gasteiger partial charge in [-0.15, -0.1) is 0 Å². The molecule has 0 radical (unpaired) electrons. The van der Waals surface area contributed by atoms with E-state index in [0.717, 1.165) is 11.1 Å². The largest absolute Gasteiger partial charge is 0.419 e. The number of hydrogen-bond acceptors (Lipinski definition) is 3. The maximum absolute atomic E-state index is 11.5. The lowest BCUT2D eigenvalue weighted by Gasteiger charge is -2.12. The minimum Gasteiger partial charge on any atom is -0.408 e. The van der Waals surface area contributed by atoms with Gasteiger partial charge in [0.05, 0.1) is 5.52 Å². The quantitative estimate of drug-likeness (QED) is 0.791. The fourth-order valence-corrected chi connectivity index (χ4v) is 2.47. The summed E-state index contributed by atoms with van der Waals surface area (Å²) < 4.78 is 6.57. The van der Waals surface area contributed by atoms with Gasteiger partial charge < -0.3 is 9.52 Å². The van der Waals surface area contributed by atoms with Crippen LogP contribution in [0.5, 0.6) is 0 Å². The highest BCUT2D eigenvalue weighted by Gasteiger charge is 2.14. The number of aromatic nitrogens is 1. The molecule has 3 rings (SSSR count). The van der Waals surface area contributed by atoms with Crippen molar-refractivity contribution in [1.29, 1.82) is 0 Å². The van der Waals surface area contributed by atoms with E-state index in [4.69, 9.17) is 16.0 Å². The highest BCUT2D eigenvalue weighted by molar-refractivity contribution is 6.31. The molecule has 1 N–H and O–H groups in total. The van der Waals surface area contributed by atoms with Gasteiger partial charge in [0.25, 0.3) is 0 Å². The van der Waals surface area contributed by atoms with Crippen LogP contribution >= 0.6 is 11.6 Å². The van der Waals surface area contributed by atoms with Gasteiger partial charge in [0.2, 0.25) is 0 Å². The van der Waals surface area contributed by atoms with Crippen LogP contribution in [0.3, 0.4) is 0 Å². The van der Waals surface area contributed by atoms with Crippen molar-refractivity contribution in [3.05, 3.63) is 68.7 Å². The lowest BCUT2D eigenvalue weighted by Crippen LogP contribution is -2.08. The molecule has 0 aliphatic heterocycles. The molecule has 1 heterocycles. The van der Waals surface area contributed by atoms with Crippen LogP contribution in [-0.4, -0.2) is 9.67 Å². The summed E-state index contributed by atoms with van der Waals surface area (Å²) in [6.45, 7) is 1.89. The predicted molar refractivity (Wildman–Crippen MR) is 81.7 cm³/mol. The number of halogens is 1. The van der Waals surface area contributed by atoms with Gasteiger partial charge in [-0.05, 0) is 41.8 Å². The molecule has 1 unspecified atom stereocenters. The molecule has 4 nitrogen and oxygen atoms in total. The minimum atomic E-state index is -0.795. The second-order valence-electron chi connectivity index (χ2n) is 5.07. The zero-order valence-corrected chi connectivity index (χ0v) is 12.4. The molecule has 1 atom stereocenters. The first-order chi connectivity index (χ1) is 9.97. The standard InChI is InChI=1S/C16H14ClNO3/c1-9-7-10(3-5-12(9)17)15(19)11-4-6-13-14(8-11)21-16(20)18(13)2/h3-8,15,19H,1-2H3. The Bertz CT molecular complexity index is 879. The maximum Gasteiger partial charge on any atom is 0.419 e. The Morgan fingerprint density at radius 1 is 1.19 bits per heavy atom. The summed E-state index contributed by atoms with van der Waals surface area (Å²) in [4.78, 5) is 11.5. The average molecular weight is 304 g/mol. The number of nitrogens with zero attached hydrogens (tertiary/aromatic N) is 1. The van der Waals surface area contributed by atoms with Gasteiger partial charge in [0, 0.05) is 12.1 Å². The SMILES string of the molecule is Cc1cc(C(O)c2ccc3c(c2)oc(=O)n3C)ccc1Cl. The van der Waals surface area contributed by atoms with Crippen molar-refractivity contribution in [3.63, 3.8) is 0 Å². The molecule has 5 heteroatoms. The van der Waals surface area contributed by atoms with E-state index >= 15 is 0 Å². The van der Waals surface area contributed by atoms with Crippen molar-refractivity contribution in [1.82, 2.24) is 4.57 Å². The summed E-state index contributed by atoms with van der Waals surface area (Å²) >= 11 is 6.00. The van der Waals surface area contributed by atoms with Gasteiger partial charge in [0.15, 0.2) is 5.58 Å². The number of fused-ring (bicyclic) bond motifs is 1. The summed E-state index contributed by atoms with van der Waals surface area (Å²) in [7, 11) is 1.65. The Morgan fingerprint density at radius 2 is 1.86 bits per heavy atom. The van der Waals surface area contributed by atoms with Crippen molar-refractivity contribution < 1.29 is 9.52 Å². The molecule has 2 aromatic carbocycles. The van der Waals surface area contributed by atoms with E-state index in [1.54, 1.807) is 37.4 Å². The zero-order chi connectivity index (χ0) is 15.1. The molecule has 1 aromatic heterocycles. The van der Waals surface area contributed by atoms with Gasteiger partial charge >= 0.3 is 5.76 Å². The summed E-state index contributed by atoms with van der Waals surface area (Å²) in [5.41, 5.74) is 3.47. The molecule has 108 valence electrons. The van der Waals surface area contributed by atoms with Crippen molar-refractivity contribution >= 4 is 22.7 Å². The molecular weight excluding hydrogens is 290 g/mol. The molecule has 0 amide bonds. The number of benzene rings is 2. The molecule has 0 saturated heterocycles. The first-order valence-electron chi connectivity index (χ1n) is 6.51. The Labute approximate surface area is 126 Å². The van der Waals surface area contributed by atoms with E-state index in [2.05, 4.69) is 0 Å². The molecule has 0 aliphatic rings. The highest BCUT2D eigenvalue weighted by atomic mass is 35.5. The Hall–Kier alpha value is -2.04. The predicted octanol–water partition coefficient (Wildman–Crippen LogP) is 3.18. The monoisotopic (exact) mass is 303 g/mol. The van der Waals surface area contributed by atoms with Crippen LogP contribution in [0.4, 0.5) is 0 Å². The van der Waals surface area contributed by atoms with Crippen LogP contribution in [-0.2, 0) is 7.05 Å². The third-order valence-corrected chi connectivity index (χ3v) is 4.05. The maximum atomic E-state index is 11.5. The number of rotatable bonds is 2. The van der Waals surface area contributed by atoms with Gasteiger partial charge in [-0.3, -0.25) is 4.57 Å². The number of oxazole rings is 1. The topological polar surface area (TPSA) is 55.4 Å². The van der Waals surface area contributed by atoms with Crippen LogP contribution in [0.2, 0.25) is 5.02 Å². The Morgan fingerprint density at radius 3 is 2.57 bits per heavy atom. The highest BCUT2D eigenvalue weighted by Crippen LogP contribution is 2.27. The van der Waals surface area contributed by atoms with Crippen LogP contribution in [0, 0.1) is 6.92 Å². The van der Waals surface area contributed by atoms with Crippen LogP contribution in [0.1, 0.15) is 22.8 Å². The van der Waals surface area contributed by atoms with E-state index in [1.165, 1.54) is 4.57 Å². The molecule has 0 aliphatic carbocycles. The normalized spacial score (nSPS) is 12.8. The summed E-state index contributed by atoms with van der Waals surface area (Å²) in [6, 6.07) is 10.6. The van der Waals surface area contributed by atoms with Crippen LogP contribution < -0.4 is 5.76 Å². The molecular formula is C16H14ClNO3. The minimum absolute atomic E-state index is 0.418. The van der Waals surface area contributed by atoms with Crippen molar-refractivity contribution in [2.75, 3.05) is 0 Å². The Kier molecular flexibility index (Phi) is 3.35. The lowest BCUT2D eigenvalue weighted by atomic mass is 10.00. The number of aliphatic hydroxyl groups excluding tert-OH is 1. The summed E-state index contributed by atoms with van der Waals surface area (Å²) in [5, 5.41) is 11.1. The fourth-order valence-electron chi connectivity index (χ4n) is 2.35. The summed E-state index contributed by atoms with van der Waals surface area (Å²) in [6.07, 6.45) is -0.795. The van der Waals surface area contributed by atoms with Gasteiger partial charge in [-0.25, -0.2) is 4.79 Å². The zero-order valence-electron chi connectivity index (χ0n) is 11.6. The third kappa shape index (κ3) is 2.37. The van der Waals surface area contributed by atoms with E-state index in [1.807, 2.05) is 13.0 Å². The van der Waals surface area contributed by atoms with E-state index in [9.17, 15) is 9.90 Å². The molecule has 3 aromatic rings.